The number of fused-ring (bicyclic) bond motifs is 2. The number of nitrogens with two attached hydrogens (primary N) is 2. The molecule has 0 aromatic heterocycles. The first-order valence-electron chi connectivity index (χ1n) is 15.6. The van der Waals surface area contributed by atoms with Gasteiger partial charge in [0.15, 0.2) is 0 Å². The SMILES string of the molecule is CC(C)CCCC(C)C1CCC2C3C=CC4CC(Oc5ccc(N)cc5N)CCC45C(C)C(CC12C)[C@H]35. The molecule has 4 saturated carbocycles. The van der Waals surface area contributed by atoms with E-state index in [1.165, 1.54) is 44.9 Å². The molecule has 10 unspecified atom stereocenters. The lowest BCUT2D eigenvalue weighted by atomic mass is 9.30. The van der Waals surface area contributed by atoms with Crippen molar-refractivity contribution in [1.29, 1.82) is 0 Å². The van der Waals surface area contributed by atoms with Crippen molar-refractivity contribution in [3.8, 4) is 5.75 Å². The maximum atomic E-state index is 6.48. The van der Waals surface area contributed by atoms with Gasteiger partial charge in [-0.2, -0.15) is 0 Å². The molecule has 3 heteroatoms. The van der Waals surface area contributed by atoms with Crippen LogP contribution >= 0.6 is 0 Å². The Labute approximate surface area is 226 Å². The number of benzene rings is 1. The van der Waals surface area contributed by atoms with Gasteiger partial charge in [-0.05, 0) is 121 Å². The second-order valence-electron chi connectivity index (χ2n) is 14.8. The van der Waals surface area contributed by atoms with E-state index in [4.69, 9.17) is 16.2 Å². The Morgan fingerprint density at radius 2 is 1.86 bits per heavy atom. The highest BCUT2D eigenvalue weighted by Crippen LogP contribution is 2.77. The normalized spacial score (nSPS) is 44.5. The third-order valence-electron chi connectivity index (χ3n) is 12.7. The highest BCUT2D eigenvalue weighted by molar-refractivity contribution is 5.60. The molecule has 204 valence electrons. The number of hydrogen-bond donors (Lipinski definition) is 2. The first-order valence-corrected chi connectivity index (χ1v) is 15.6. The molecule has 0 heterocycles. The van der Waals surface area contributed by atoms with Crippen LogP contribution in [0.25, 0.3) is 0 Å². The van der Waals surface area contributed by atoms with Gasteiger partial charge in [0, 0.05) is 5.69 Å². The van der Waals surface area contributed by atoms with Crippen molar-refractivity contribution in [3.05, 3.63) is 30.4 Å². The van der Waals surface area contributed by atoms with Gasteiger partial charge in [0.2, 0.25) is 0 Å². The van der Waals surface area contributed by atoms with Gasteiger partial charge in [0.1, 0.15) is 5.75 Å². The molecule has 4 fully saturated rings. The summed E-state index contributed by atoms with van der Waals surface area (Å²) in [5, 5.41) is 0. The number of hydrogen-bond acceptors (Lipinski definition) is 3. The Morgan fingerprint density at radius 3 is 2.62 bits per heavy atom. The second-order valence-corrected chi connectivity index (χ2v) is 14.8. The molecule has 0 amide bonds. The van der Waals surface area contributed by atoms with Gasteiger partial charge in [-0.25, -0.2) is 0 Å². The molecule has 0 bridgehead atoms. The van der Waals surface area contributed by atoms with Crippen LogP contribution in [0.5, 0.6) is 5.75 Å². The van der Waals surface area contributed by atoms with Gasteiger partial charge in [-0.3, -0.25) is 0 Å². The molecule has 5 aliphatic rings. The maximum Gasteiger partial charge on any atom is 0.142 e. The molecule has 1 aromatic rings. The monoisotopic (exact) mass is 504 g/mol. The Kier molecular flexibility index (Phi) is 6.39. The summed E-state index contributed by atoms with van der Waals surface area (Å²) in [6.45, 7) is 12.7. The molecule has 37 heavy (non-hydrogen) atoms. The van der Waals surface area contributed by atoms with Crippen LogP contribution < -0.4 is 16.2 Å². The summed E-state index contributed by atoms with van der Waals surface area (Å²) in [4.78, 5) is 0. The number of ether oxygens (including phenoxy) is 1. The van der Waals surface area contributed by atoms with Crippen molar-refractivity contribution >= 4 is 11.4 Å². The fraction of sp³-hybridized carbons (Fsp3) is 0.765. The fourth-order valence-electron chi connectivity index (χ4n) is 11.1. The Hall–Kier alpha value is -1.64. The third kappa shape index (κ3) is 3.88. The van der Waals surface area contributed by atoms with E-state index in [0.29, 0.717) is 28.1 Å². The minimum atomic E-state index is 0.255. The molecule has 0 radical (unpaired) electrons. The minimum absolute atomic E-state index is 0.255. The zero-order valence-electron chi connectivity index (χ0n) is 24.1. The van der Waals surface area contributed by atoms with Crippen LogP contribution in [-0.4, -0.2) is 6.10 Å². The van der Waals surface area contributed by atoms with Crippen molar-refractivity contribution in [2.24, 2.45) is 64.1 Å². The van der Waals surface area contributed by atoms with Gasteiger partial charge in [-0.1, -0.05) is 66.0 Å². The lowest BCUT2D eigenvalue weighted by Crippen LogP contribution is -2.69. The van der Waals surface area contributed by atoms with Crippen LogP contribution in [0, 0.1) is 64.1 Å². The first kappa shape index (κ1) is 25.6. The van der Waals surface area contributed by atoms with Crippen LogP contribution in [0.3, 0.4) is 0 Å². The molecule has 6 rings (SSSR count). The van der Waals surface area contributed by atoms with E-state index < -0.39 is 0 Å². The van der Waals surface area contributed by atoms with E-state index in [0.717, 1.165) is 65.9 Å². The Balaban J connectivity index is 1.19. The predicted octanol–water partition coefficient (Wildman–Crippen LogP) is 8.35. The highest BCUT2D eigenvalue weighted by Gasteiger charge is 2.72. The van der Waals surface area contributed by atoms with Gasteiger partial charge in [-0.15, -0.1) is 0 Å². The third-order valence-corrected chi connectivity index (χ3v) is 12.7. The summed E-state index contributed by atoms with van der Waals surface area (Å²) in [6, 6.07) is 5.67. The summed E-state index contributed by atoms with van der Waals surface area (Å²) in [5.74, 6) is 8.49. The van der Waals surface area contributed by atoms with E-state index in [9.17, 15) is 0 Å². The molecule has 4 N–H and O–H groups in total. The Morgan fingerprint density at radius 1 is 1.05 bits per heavy atom. The largest absolute Gasteiger partial charge is 0.488 e. The zero-order chi connectivity index (χ0) is 26.1. The average molecular weight is 505 g/mol. The van der Waals surface area contributed by atoms with E-state index in [2.05, 4.69) is 46.8 Å². The smallest absolute Gasteiger partial charge is 0.142 e. The van der Waals surface area contributed by atoms with Crippen LogP contribution in [0.4, 0.5) is 11.4 Å². The van der Waals surface area contributed by atoms with E-state index in [1.807, 2.05) is 18.2 Å². The first-order chi connectivity index (χ1) is 17.6. The molecular weight excluding hydrogens is 452 g/mol. The molecular formula is C34H52N2O. The second kappa shape index (κ2) is 9.23. The van der Waals surface area contributed by atoms with Crippen molar-refractivity contribution in [3.63, 3.8) is 0 Å². The zero-order valence-corrected chi connectivity index (χ0v) is 24.1. The van der Waals surface area contributed by atoms with Gasteiger partial charge >= 0.3 is 0 Å². The Bertz CT molecular complexity index is 1030. The average Bonchev–Trinajstić information content (AvgIpc) is 3.21. The summed E-state index contributed by atoms with van der Waals surface area (Å²) in [7, 11) is 0. The van der Waals surface area contributed by atoms with Gasteiger partial charge in [0.05, 0.1) is 11.8 Å². The van der Waals surface area contributed by atoms with Crippen LogP contribution in [0.2, 0.25) is 0 Å². The van der Waals surface area contributed by atoms with Gasteiger partial charge < -0.3 is 16.2 Å². The summed E-state index contributed by atoms with van der Waals surface area (Å²) < 4.78 is 6.48. The van der Waals surface area contributed by atoms with E-state index in [-0.39, 0.29) is 6.10 Å². The summed E-state index contributed by atoms with van der Waals surface area (Å²) in [5.41, 5.74) is 14.6. The van der Waals surface area contributed by atoms with E-state index in [1.54, 1.807) is 0 Å². The predicted molar refractivity (Wildman–Crippen MR) is 155 cm³/mol. The highest BCUT2D eigenvalue weighted by atomic mass is 16.5. The maximum absolute atomic E-state index is 6.48. The molecule has 0 saturated heterocycles. The lowest BCUT2D eigenvalue weighted by molar-refractivity contribution is -0.244. The van der Waals surface area contributed by atoms with Crippen molar-refractivity contribution in [2.75, 3.05) is 11.5 Å². The fourth-order valence-corrected chi connectivity index (χ4v) is 11.1. The van der Waals surface area contributed by atoms with Crippen molar-refractivity contribution in [2.45, 2.75) is 98.5 Å². The number of anilines is 2. The number of allylic oxidation sites excluding steroid dienone is 2. The molecule has 3 nitrogen and oxygen atoms in total. The van der Waals surface area contributed by atoms with Gasteiger partial charge in [0.25, 0.3) is 0 Å². The molecule has 5 aliphatic carbocycles. The van der Waals surface area contributed by atoms with Crippen LogP contribution in [0.1, 0.15) is 92.4 Å². The van der Waals surface area contributed by atoms with Crippen LogP contribution in [-0.2, 0) is 0 Å². The number of rotatable bonds is 7. The molecule has 1 aromatic carbocycles. The summed E-state index contributed by atoms with van der Waals surface area (Å²) >= 11 is 0. The van der Waals surface area contributed by atoms with Crippen LogP contribution in [0.15, 0.2) is 30.4 Å². The lowest BCUT2D eigenvalue weighted by Gasteiger charge is -2.74. The quantitative estimate of drug-likeness (QED) is 0.290. The molecule has 11 atom stereocenters. The minimum Gasteiger partial charge on any atom is -0.488 e. The topological polar surface area (TPSA) is 61.3 Å². The van der Waals surface area contributed by atoms with E-state index >= 15 is 0 Å². The molecule has 1 spiro atoms. The molecule has 0 aliphatic heterocycles. The summed E-state index contributed by atoms with van der Waals surface area (Å²) in [6.07, 6.45) is 17.9. The van der Waals surface area contributed by atoms with Crippen molar-refractivity contribution < 1.29 is 4.74 Å². The number of nitrogen functional groups attached to an aromatic ring is 2. The standard InChI is InChI=1S/C34H52N2O/c1-20(2)7-6-8-21(3)28-12-13-29-26-11-9-23-17-25(37-31-14-10-24(35)18-30(31)36)15-16-34(23)22(4)27(32(26)34)19-33(28,29)5/h9-11,14,18,20-23,25-29,32H,6-8,12-13,15-17,19,35-36H2,1-5H3/t21?,22?,23?,25?,26?,27?,28?,29?,32-,33?,34?/m0/s1. The van der Waals surface area contributed by atoms with Crippen molar-refractivity contribution in [1.82, 2.24) is 0 Å².